The van der Waals surface area contributed by atoms with E-state index in [2.05, 4.69) is 15.1 Å². The maximum Gasteiger partial charge on any atom is 0.190 e. The fourth-order valence-corrected chi connectivity index (χ4v) is 1.80. The van der Waals surface area contributed by atoms with Gasteiger partial charge >= 0.3 is 0 Å². The van der Waals surface area contributed by atoms with E-state index in [1.54, 1.807) is 17.9 Å². The first-order chi connectivity index (χ1) is 9.11. The van der Waals surface area contributed by atoms with Crippen molar-refractivity contribution < 1.29 is 9.59 Å². The second kappa shape index (κ2) is 5.51. The Bertz CT molecular complexity index is 604. The lowest BCUT2D eigenvalue weighted by Crippen LogP contribution is -2.11. The smallest absolute Gasteiger partial charge is 0.190 e. The summed E-state index contributed by atoms with van der Waals surface area (Å²) in [5, 5.41) is 4.19. The molecule has 0 N–H and O–H groups in total. The molecule has 0 aliphatic heterocycles. The largest absolute Gasteiger partial charge is 0.294 e. The molecule has 6 nitrogen and oxygen atoms in total. The first-order valence-electron chi connectivity index (χ1n) is 5.96. The third-order valence-electron chi connectivity index (χ3n) is 2.71. The highest BCUT2D eigenvalue weighted by molar-refractivity contribution is 6.13. The van der Waals surface area contributed by atoms with Crippen LogP contribution in [0.15, 0.2) is 24.8 Å². The molecule has 0 radical (unpaired) electrons. The normalized spacial score (nSPS) is 10.4. The van der Waals surface area contributed by atoms with Gasteiger partial charge in [-0.2, -0.15) is 5.10 Å². The van der Waals surface area contributed by atoms with E-state index in [0.717, 1.165) is 0 Å². The highest BCUT2D eigenvalue weighted by Crippen LogP contribution is 2.11. The van der Waals surface area contributed by atoms with E-state index in [1.165, 1.54) is 18.6 Å². The number of Topliss-reactive ketones (excluding diaryl/α,β-unsaturated/α-hetero) is 2. The van der Waals surface area contributed by atoms with Crippen LogP contribution in [0, 0.1) is 0 Å². The van der Waals surface area contributed by atoms with Gasteiger partial charge in [-0.25, -0.2) is 4.98 Å². The minimum absolute atomic E-state index is 0.206. The quantitative estimate of drug-likeness (QED) is 0.595. The molecule has 0 fully saturated rings. The molecular weight excluding hydrogens is 244 g/mol. The van der Waals surface area contributed by atoms with Crippen molar-refractivity contribution in [3.8, 4) is 0 Å². The van der Waals surface area contributed by atoms with Crippen LogP contribution >= 0.6 is 0 Å². The Morgan fingerprint density at radius 2 is 2.05 bits per heavy atom. The average Bonchev–Trinajstić information content (AvgIpc) is 2.81. The molecule has 0 saturated carbocycles. The number of nitrogens with zero attached hydrogens (tertiary/aromatic N) is 4. The first-order valence-corrected chi connectivity index (χ1v) is 5.96. The topological polar surface area (TPSA) is 77.7 Å². The fraction of sp³-hybridized carbons (Fsp3) is 0.308. The van der Waals surface area contributed by atoms with Crippen LogP contribution < -0.4 is 0 Å². The molecule has 98 valence electrons. The van der Waals surface area contributed by atoms with Gasteiger partial charge in [0, 0.05) is 25.6 Å². The Morgan fingerprint density at radius 3 is 2.68 bits per heavy atom. The highest BCUT2D eigenvalue weighted by Gasteiger charge is 2.19. The third-order valence-corrected chi connectivity index (χ3v) is 2.71. The van der Waals surface area contributed by atoms with Gasteiger partial charge < -0.3 is 0 Å². The van der Waals surface area contributed by atoms with Crippen LogP contribution in [0.2, 0.25) is 0 Å². The van der Waals surface area contributed by atoms with E-state index in [4.69, 9.17) is 0 Å². The number of ketones is 2. The minimum atomic E-state index is -0.330. The van der Waals surface area contributed by atoms with E-state index >= 15 is 0 Å². The number of aryl methyl sites for hydroxylation is 2. The molecule has 2 aromatic rings. The molecular formula is C13H14N4O2. The number of hydrogen-bond acceptors (Lipinski definition) is 5. The summed E-state index contributed by atoms with van der Waals surface area (Å²) in [5.74, 6) is -0.565. The van der Waals surface area contributed by atoms with Crippen LogP contribution in [0.1, 0.15) is 39.9 Å². The summed E-state index contributed by atoms with van der Waals surface area (Å²) < 4.78 is 1.58. The summed E-state index contributed by atoms with van der Waals surface area (Å²) in [6.45, 7) is 1.92. The summed E-state index contributed by atoms with van der Waals surface area (Å²) in [4.78, 5) is 31.7. The van der Waals surface area contributed by atoms with Gasteiger partial charge in [0.25, 0.3) is 0 Å². The van der Waals surface area contributed by atoms with Crippen molar-refractivity contribution in [1.82, 2.24) is 19.7 Å². The number of carbonyl (C=O) groups is 2. The Morgan fingerprint density at radius 1 is 1.26 bits per heavy atom. The van der Waals surface area contributed by atoms with Gasteiger partial charge in [0.1, 0.15) is 5.69 Å². The molecule has 0 atom stereocenters. The summed E-state index contributed by atoms with van der Waals surface area (Å²) in [5.41, 5.74) is 1.42. The van der Waals surface area contributed by atoms with Crippen molar-refractivity contribution >= 4 is 11.6 Å². The SMILES string of the molecule is CCc1nn(C)cc1C(=O)CC(=O)c1cnccn1. The third kappa shape index (κ3) is 2.90. The molecule has 2 rings (SSSR count). The monoisotopic (exact) mass is 258 g/mol. The van der Waals surface area contributed by atoms with Crippen molar-refractivity contribution in [3.63, 3.8) is 0 Å². The van der Waals surface area contributed by atoms with E-state index < -0.39 is 0 Å². The molecule has 0 spiro atoms. The maximum absolute atomic E-state index is 12.1. The van der Waals surface area contributed by atoms with E-state index in [-0.39, 0.29) is 23.7 Å². The van der Waals surface area contributed by atoms with Crippen LogP contribution in [0.3, 0.4) is 0 Å². The van der Waals surface area contributed by atoms with Gasteiger partial charge in [-0.3, -0.25) is 19.3 Å². The number of rotatable bonds is 5. The summed E-state index contributed by atoms with van der Waals surface area (Å²) in [6, 6.07) is 0. The lowest BCUT2D eigenvalue weighted by atomic mass is 10.0. The van der Waals surface area contributed by atoms with Crippen LogP contribution in [-0.4, -0.2) is 31.3 Å². The van der Waals surface area contributed by atoms with Gasteiger partial charge in [-0.1, -0.05) is 6.92 Å². The molecule has 6 heteroatoms. The lowest BCUT2D eigenvalue weighted by Gasteiger charge is -1.99. The van der Waals surface area contributed by atoms with Crippen LogP contribution in [0.25, 0.3) is 0 Å². The number of hydrogen-bond donors (Lipinski definition) is 0. The molecule has 0 bridgehead atoms. The molecule has 0 aliphatic carbocycles. The summed E-state index contributed by atoms with van der Waals surface area (Å²) >= 11 is 0. The minimum Gasteiger partial charge on any atom is -0.294 e. The van der Waals surface area contributed by atoms with Gasteiger partial charge in [-0.05, 0) is 6.42 Å². The maximum atomic E-state index is 12.1. The Kier molecular flexibility index (Phi) is 3.79. The van der Waals surface area contributed by atoms with Gasteiger partial charge in [0.15, 0.2) is 11.6 Å². The molecule has 0 aromatic carbocycles. The van der Waals surface area contributed by atoms with E-state index in [0.29, 0.717) is 17.7 Å². The van der Waals surface area contributed by atoms with Crippen molar-refractivity contribution in [2.45, 2.75) is 19.8 Å². The van der Waals surface area contributed by atoms with Crippen molar-refractivity contribution in [1.29, 1.82) is 0 Å². The molecule has 0 unspecified atom stereocenters. The molecule has 19 heavy (non-hydrogen) atoms. The molecule has 2 heterocycles. The Balaban J connectivity index is 2.15. The lowest BCUT2D eigenvalue weighted by molar-refractivity contribution is 0.0891. The molecule has 0 aliphatic rings. The molecule has 2 aromatic heterocycles. The second-order valence-electron chi connectivity index (χ2n) is 4.13. The molecule has 0 saturated heterocycles. The van der Waals surface area contributed by atoms with Gasteiger partial charge in [-0.15, -0.1) is 0 Å². The van der Waals surface area contributed by atoms with Crippen LogP contribution in [0.5, 0.6) is 0 Å². The Labute approximate surface area is 110 Å². The van der Waals surface area contributed by atoms with Crippen molar-refractivity contribution in [3.05, 3.63) is 41.7 Å². The number of carbonyl (C=O) groups excluding carboxylic acids is 2. The number of aromatic nitrogens is 4. The zero-order chi connectivity index (χ0) is 13.8. The standard InChI is InChI=1S/C13H14N4O2/c1-3-10-9(8-17(2)16-10)12(18)6-13(19)11-7-14-4-5-15-11/h4-5,7-8H,3,6H2,1-2H3. The summed E-state index contributed by atoms with van der Waals surface area (Å²) in [6.07, 6.45) is 6.36. The van der Waals surface area contributed by atoms with Crippen LogP contribution in [0.4, 0.5) is 0 Å². The predicted octanol–water partition coefficient (Wildman–Crippen LogP) is 1.23. The average molecular weight is 258 g/mol. The van der Waals surface area contributed by atoms with Gasteiger partial charge in [0.2, 0.25) is 0 Å². The summed E-state index contributed by atoms with van der Waals surface area (Å²) in [7, 11) is 1.75. The van der Waals surface area contributed by atoms with Crippen molar-refractivity contribution in [2.75, 3.05) is 0 Å². The zero-order valence-corrected chi connectivity index (χ0v) is 10.8. The highest BCUT2D eigenvalue weighted by atomic mass is 16.1. The predicted molar refractivity (Wildman–Crippen MR) is 67.9 cm³/mol. The fourth-order valence-electron chi connectivity index (χ4n) is 1.80. The van der Waals surface area contributed by atoms with E-state index in [1.807, 2.05) is 6.92 Å². The first kappa shape index (κ1) is 13.1. The zero-order valence-electron chi connectivity index (χ0n) is 10.8. The van der Waals surface area contributed by atoms with Gasteiger partial charge in [0.05, 0.1) is 23.9 Å². The van der Waals surface area contributed by atoms with Crippen molar-refractivity contribution in [2.24, 2.45) is 7.05 Å². The Hall–Kier alpha value is -2.37. The van der Waals surface area contributed by atoms with E-state index in [9.17, 15) is 9.59 Å². The molecule has 0 amide bonds. The second-order valence-corrected chi connectivity index (χ2v) is 4.13. The van der Waals surface area contributed by atoms with Crippen LogP contribution in [-0.2, 0) is 13.5 Å².